The summed E-state index contributed by atoms with van der Waals surface area (Å²) in [6, 6.07) is 1.88. The molecule has 0 aromatic carbocycles. The summed E-state index contributed by atoms with van der Waals surface area (Å²) in [5.74, 6) is 0.131. The van der Waals surface area contributed by atoms with Crippen LogP contribution in [-0.2, 0) is 0 Å². The van der Waals surface area contributed by atoms with E-state index in [0.29, 0.717) is 0 Å². The number of alkyl halides is 1. The molecule has 0 spiro atoms. The highest BCUT2D eigenvalue weighted by Gasteiger charge is 2.15. The minimum Gasteiger partial charge on any atom is -0.292 e. The summed E-state index contributed by atoms with van der Waals surface area (Å²) in [4.78, 5) is 12.0. The number of thiophene rings is 1. The van der Waals surface area contributed by atoms with E-state index in [1.165, 1.54) is 11.3 Å². The molecule has 0 amide bonds. The molecule has 0 bridgehead atoms. The average Bonchev–Trinajstić information content (AvgIpc) is 2.33. The Morgan fingerprint density at radius 3 is 2.73 bits per heavy atom. The van der Waals surface area contributed by atoms with E-state index in [-0.39, 0.29) is 10.6 Å². The first-order valence-corrected chi connectivity index (χ1v) is 5.63. The number of hydrogen-bond donors (Lipinski definition) is 0. The fourth-order valence-electron chi connectivity index (χ4n) is 0.650. The number of hydrogen-bond acceptors (Lipinski definition) is 2. The van der Waals surface area contributed by atoms with Gasteiger partial charge in [-0.15, -0.1) is 11.3 Å². The number of halogens is 2. The normalized spacial score (nSPS) is 13.0. The first-order chi connectivity index (χ1) is 5.13. The van der Waals surface area contributed by atoms with Gasteiger partial charge in [0.1, 0.15) is 0 Å². The molecule has 1 atom stereocenters. The molecule has 1 aromatic rings. The number of ketones is 1. The average molecular weight is 298 g/mol. The topological polar surface area (TPSA) is 17.1 Å². The van der Waals surface area contributed by atoms with Gasteiger partial charge in [-0.05, 0) is 34.3 Å². The van der Waals surface area contributed by atoms with E-state index in [2.05, 4.69) is 31.9 Å². The molecule has 0 N–H and O–H groups in total. The molecule has 1 heterocycles. The highest BCUT2D eigenvalue weighted by molar-refractivity contribution is 9.10. The van der Waals surface area contributed by atoms with Gasteiger partial charge in [0, 0.05) is 4.47 Å². The van der Waals surface area contributed by atoms with Crippen LogP contribution in [0.3, 0.4) is 0 Å². The predicted molar refractivity (Wildman–Crippen MR) is 54.7 cm³/mol. The molecule has 0 aliphatic carbocycles. The molecule has 0 radical (unpaired) electrons. The highest BCUT2D eigenvalue weighted by atomic mass is 79.9. The predicted octanol–water partition coefficient (Wildman–Crippen LogP) is 3.48. The second-order valence-corrected chi connectivity index (χ2v) is 5.22. The third kappa shape index (κ3) is 2.13. The molecule has 0 saturated carbocycles. The second kappa shape index (κ2) is 3.83. The van der Waals surface area contributed by atoms with Crippen LogP contribution >= 0.6 is 43.2 Å². The third-order valence-electron chi connectivity index (χ3n) is 1.20. The van der Waals surface area contributed by atoms with Crippen molar-refractivity contribution in [1.82, 2.24) is 0 Å². The van der Waals surface area contributed by atoms with Gasteiger partial charge in [-0.2, -0.15) is 0 Å². The van der Waals surface area contributed by atoms with E-state index in [4.69, 9.17) is 0 Å². The second-order valence-electron chi connectivity index (χ2n) is 2.08. The largest absolute Gasteiger partial charge is 0.292 e. The van der Waals surface area contributed by atoms with E-state index >= 15 is 0 Å². The minimum absolute atomic E-state index is 0.0996. The van der Waals surface area contributed by atoms with Crippen molar-refractivity contribution in [3.05, 3.63) is 20.8 Å². The monoisotopic (exact) mass is 296 g/mol. The molecule has 11 heavy (non-hydrogen) atoms. The SMILES string of the molecule is CC(Br)C(=O)c1sccc1Br. The molecule has 1 nitrogen and oxygen atoms in total. The lowest BCUT2D eigenvalue weighted by atomic mass is 10.3. The van der Waals surface area contributed by atoms with Gasteiger partial charge in [-0.3, -0.25) is 4.79 Å². The zero-order valence-corrected chi connectivity index (χ0v) is 9.79. The van der Waals surface area contributed by atoms with E-state index in [9.17, 15) is 4.79 Å². The van der Waals surface area contributed by atoms with Crippen LogP contribution in [0.1, 0.15) is 16.6 Å². The van der Waals surface area contributed by atoms with E-state index in [1.807, 2.05) is 18.4 Å². The van der Waals surface area contributed by atoms with Gasteiger partial charge in [0.15, 0.2) is 5.78 Å². The van der Waals surface area contributed by atoms with Crippen LogP contribution in [0.5, 0.6) is 0 Å². The molecule has 0 fully saturated rings. The fraction of sp³-hybridized carbons (Fsp3) is 0.286. The van der Waals surface area contributed by atoms with Gasteiger partial charge in [0.2, 0.25) is 0 Å². The Labute approximate surface area is 86.1 Å². The lowest BCUT2D eigenvalue weighted by Gasteiger charge is -1.98. The fourth-order valence-corrected chi connectivity index (χ4v) is 2.63. The quantitative estimate of drug-likeness (QED) is 0.603. The smallest absolute Gasteiger partial charge is 0.187 e. The van der Waals surface area contributed by atoms with Gasteiger partial charge >= 0.3 is 0 Å². The Kier molecular flexibility index (Phi) is 3.28. The summed E-state index contributed by atoms with van der Waals surface area (Å²) in [6.45, 7) is 1.83. The molecular weight excluding hydrogens is 292 g/mol. The Morgan fingerprint density at radius 2 is 2.36 bits per heavy atom. The van der Waals surface area contributed by atoms with Crippen molar-refractivity contribution in [3.63, 3.8) is 0 Å². The van der Waals surface area contributed by atoms with Crippen LogP contribution < -0.4 is 0 Å². The van der Waals surface area contributed by atoms with Crippen molar-refractivity contribution in [2.24, 2.45) is 0 Å². The number of rotatable bonds is 2. The molecule has 1 unspecified atom stereocenters. The lowest BCUT2D eigenvalue weighted by molar-refractivity contribution is 0.0999. The Bertz CT molecular complexity index is 267. The van der Waals surface area contributed by atoms with Gasteiger partial charge < -0.3 is 0 Å². The van der Waals surface area contributed by atoms with Crippen molar-refractivity contribution in [1.29, 1.82) is 0 Å². The lowest BCUT2D eigenvalue weighted by Crippen LogP contribution is -2.08. The Hall–Kier alpha value is 0.330. The Balaban J connectivity index is 2.93. The van der Waals surface area contributed by atoms with Crippen LogP contribution in [0, 0.1) is 0 Å². The van der Waals surface area contributed by atoms with Crippen molar-refractivity contribution in [2.75, 3.05) is 0 Å². The van der Waals surface area contributed by atoms with Crippen LogP contribution in [0.15, 0.2) is 15.9 Å². The highest BCUT2D eigenvalue weighted by Crippen LogP contribution is 2.25. The first-order valence-electron chi connectivity index (χ1n) is 3.04. The maximum absolute atomic E-state index is 11.4. The number of carbonyl (C=O) groups is 1. The van der Waals surface area contributed by atoms with Crippen LogP contribution in [0.4, 0.5) is 0 Å². The van der Waals surface area contributed by atoms with Gasteiger partial charge in [0.05, 0.1) is 9.70 Å². The zero-order valence-electron chi connectivity index (χ0n) is 5.80. The summed E-state index contributed by atoms with van der Waals surface area (Å²) in [7, 11) is 0. The molecule has 1 rings (SSSR count). The summed E-state index contributed by atoms with van der Waals surface area (Å²) in [5.41, 5.74) is 0. The van der Waals surface area contributed by atoms with Crippen molar-refractivity contribution >= 4 is 49.0 Å². The summed E-state index contributed by atoms with van der Waals surface area (Å²) in [5, 5.41) is 1.90. The molecular formula is C7H6Br2OS. The Morgan fingerprint density at radius 1 is 1.73 bits per heavy atom. The molecule has 0 saturated heterocycles. The van der Waals surface area contributed by atoms with Crippen LogP contribution in [0.2, 0.25) is 0 Å². The molecule has 60 valence electrons. The molecule has 0 aliphatic heterocycles. The van der Waals surface area contributed by atoms with Crippen molar-refractivity contribution in [3.8, 4) is 0 Å². The van der Waals surface area contributed by atoms with Gasteiger partial charge in [-0.25, -0.2) is 0 Å². The van der Waals surface area contributed by atoms with Crippen LogP contribution in [0.25, 0.3) is 0 Å². The van der Waals surface area contributed by atoms with Gasteiger partial charge in [0.25, 0.3) is 0 Å². The van der Waals surface area contributed by atoms with Crippen molar-refractivity contribution in [2.45, 2.75) is 11.8 Å². The van der Waals surface area contributed by atoms with E-state index < -0.39 is 0 Å². The van der Waals surface area contributed by atoms with Crippen molar-refractivity contribution < 1.29 is 4.79 Å². The standard InChI is InChI=1S/C7H6Br2OS/c1-4(8)6(10)7-5(9)2-3-11-7/h2-4H,1H3. The molecule has 0 aliphatic rings. The van der Waals surface area contributed by atoms with Gasteiger partial charge in [-0.1, -0.05) is 15.9 Å². The minimum atomic E-state index is -0.0996. The maximum Gasteiger partial charge on any atom is 0.187 e. The van der Waals surface area contributed by atoms with Crippen LogP contribution in [-0.4, -0.2) is 10.6 Å². The zero-order chi connectivity index (χ0) is 8.43. The summed E-state index contributed by atoms with van der Waals surface area (Å²) in [6.07, 6.45) is 0. The third-order valence-corrected chi connectivity index (χ3v) is 3.47. The van der Waals surface area contributed by atoms with E-state index in [1.54, 1.807) is 0 Å². The number of Topliss-reactive ketones (excluding diaryl/α,β-unsaturated/α-hetero) is 1. The van der Waals surface area contributed by atoms with E-state index in [0.717, 1.165) is 9.35 Å². The molecule has 1 aromatic heterocycles. The summed E-state index contributed by atoms with van der Waals surface area (Å²) < 4.78 is 0.888. The maximum atomic E-state index is 11.4. The first kappa shape index (κ1) is 9.42. The number of carbonyl (C=O) groups excluding carboxylic acids is 1. The summed E-state index contributed by atoms with van der Waals surface area (Å²) >= 11 is 8.00. The molecule has 4 heteroatoms.